The maximum atomic E-state index is 12.8. The van der Waals surface area contributed by atoms with Crippen LogP contribution in [-0.2, 0) is 6.54 Å². The second-order valence-electron chi connectivity index (χ2n) is 7.51. The van der Waals surface area contributed by atoms with Crippen molar-refractivity contribution in [3.63, 3.8) is 0 Å². The SMILES string of the molecule is CCn1c(C)c([Si](C)(C)C)c(C)c([Si](C)(C)C)c1=O. The number of pyridine rings is 1. The Hall–Kier alpha value is -0.616. The fourth-order valence-corrected chi connectivity index (χ4v) is 7.97. The van der Waals surface area contributed by atoms with Gasteiger partial charge in [-0.15, -0.1) is 0 Å². The van der Waals surface area contributed by atoms with E-state index in [-0.39, 0.29) is 5.56 Å². The summed E-state index contributed by atoms with van der Waals surface area (Å²) in [5.41, 5.74) is 2.76. The first-order chi connectivity index (χ1) is 8.42. The predicted octanol–water partition coefficient (Wildman–Crippen LogP) is 2.58. The van der Waals surface area contributed by atoms with E-state index >= 15 is 0 Å². The van der Waals surface area contributed by atoms with Gasteiger partial charge in [0.2, 0.25) is 5.56 Å². The van der Waals surface area contributed by atoms with Crippen LogP contribution in [0.5, 0.6) is 0 Å². The lowest BCUT2D eigenvalue weighted by atomic mass is 10.2. The molecule has 0 fully saturated rings. The summed E-state index contributed by atoms with van der Waals surface area (Å²) < 4.78 is 1.99. The molecule has 0 aliphatic rings. The predicted molar refractivity (Wildman–Crippen MR) is 91.8 cm³/mol. The van der Waals surface area contributed by atoms with Crippen LogP contribution in [0, 0.1) is 13.8 Å². The molecule has 2 nitrogen and oxygen atoms in total. The fraction of sp³-hybridized carbons (Fsp3) is 0.667. The molecule has 0 saturated heterocycles. The van der Waals surface area contributed by atoms with E-state index in [0.717, 1.165) is 11.7 Å². The molecule has 0 spiro atoms. The van der Waals surface area contributed by atoms with Gasteiger partial charge in [0.15, 0.2) is 0 Å². The molecule has 0 saturated carbocycles. The molecule has 19 heavy (non-hydrogen) atoms. The van der Waals surface area contributed by atoms with Gasteiger partial charge in [-0.1, -0.05) is 39.3 Å². The van der Waals surface area contributed by atoms with Gasteiger partial charge in [-0.25, -0.2) is 0 Å². The second-order valence-corrected chi connectivity index (χ2v) is 17.5. The van der Waals surface area contributed by atoms with Gasteiger partial charge in [-0.3, -0.25) is 4.79 Å². The lowest BCUT2D eigenvalue weighted by Gasteiger charge is -2.30. The smallest absolute Gasteiger partial charge is 0.250 e. The summed E-state index contributed by atoms with van der Waals surface area (Å²) in [7, 11) is -3.06. The molecule has 0 atom stereocenters. The Bertz CT molecular complexity index is 545. The maximum Gasteiger partial charge on any atom is 0.250 e. The third-order valence-corrected chi connectivity index (χ3v) is 8.12. The first kappa shape index (κ1) is 16.4. The largest absolute Gasteiger partial charge is 0.313 e. The minimum Gasteiger partial charge on any atom is -0.313 e. The summed E-state index contributed by atoms with van der Waals surface area (Å²) in [5.74, 6) is 0. The lowest BCUT2D eigenvalue weighted by Crippen LogP contribution is -2.58. The maximum absolute atomic E-state index is 12.8. The van der Waals surface area contributed by atoms with Crippen molar-refractivity contribution in [2.45, 2.75) is 66.6 Å². The molecule has 0 aliphatic heterocycles. The van der Waals surface area contributed by atoms with Crippen molar-refractivity contribution < 1.29 is 0 Å². The average molecular weight is 296 g/mol. The number of nitrogens with zero attached hydrogens (tertiary/aromatic N) is 1. The zero-order chi connectivity index (χ0) is 15.2. The van der Waals surface area contributed by atoms with Crippen LogP contribution in [0.1, 0.15) is 18.2 Å². The molecule has 4 heteroatoms. The minimum absolute atomic E-state index is 0.263. The van der Waals surface area contributed by atoms with Crippen molar-refractivity contribution in [1.82, 2.24) is 4.57 Å². The third-order valence-electron chi connectivity index (χ3n) is 3.79. The third kappa shape index (κ3) is 2.94. The summed E-state index contributed by atoms with van der Waals surface area (Å²) >= 11 is 0. The Labute approximate surface area is 119 Å². The Morgan fingerprint density at radius 2 is 1.32 bits per heavy atom. The van der Waals surface area contributed by atoms with E-state index in [2.05, 4.69) is 60.1 Å². The monoisotopic (exact) mass is 295 g/mol. The van der Waals surface area contributed by atoms with Crippen LogP contribution >= 0.6 is 0 Å². The van der Waals surface area contributed by atoms with Crippen LogP contribution < -0.4 is 15.9 Å². The van der Waals surface area contributed by atoms with E-state index in [1.807, 2.05) is 4.57 Å². The second kappa shape index (κ2) is 5.05. The van der Waals surface area contributed by atoms with Crippen molar-refractivity contribution in [1.29, 1.82) is 0 Å². The van der Waals surface area contributed by atoms with E-state index in [0.29, 0.717) is 0 Å². The van der Waals surface area contributed by atoms with Gasteiger partial charge >= 0.3 is 0 Å². The normalized spacial score (nSPS) is 12.9. The van der Waals surface area contributed by atoms with Crippen molar-refractivity contribution >= 4 is 26.5 Å². The summed E-state index contributed by atoms with van der Waals surface area (Å²) in [4.78, 5) is 12.8. The van der Waals surface area contributed by atoms with Gasteiger partial charge in [0.05, 0.1) is 16.1 Å². The molecule has 1 rings (SSSR count). The summed E-state index contributed by atoms with van der Waals surface area (Å²) in [5, 5.41) is 2.63. The number of rotatable bonds is 3. The highest BCUT2D eigenvalue weighted by Crippen LogP contribution is 2.11. The summed E-state index contributed by atoms with van der Waals surface area (Å²) in [6, 6.07) is 0. The molecule has 0 aliphatic carbocycles. The molecular formula is C15H29NOSi2. The molecule has 1 aromatic rings. The molecule has 108 valence electrons. The van der Waals surface area contributed by atoms with Gasteiger partial charge in [0.25, 0.3) is 0 Å². The van der Waals surface area contributed by atoms with E-state index in [1.165, 1.54) is 16.4 Å². The minimum atomic E-state index is -1.61. The number of hydrogen-bond donors (Lipinski definition) is 0. The Balaban J connectivity index is 3.94. The number of hydrogen-bond acceptors (Lipinski definition) is 1. The molecule has 0 radical (unpaired) electrons. The van der Waals surface area contributed by atoms with Crippen molar-refractivity contribution in [2.24, 2.45) is 0 Å². The molecule has 0 amide bonds. The van der Waals surface area contributed by atoms with Crippen molar-refractivity contribution in [3.8, 4) is 0 Å². The van der Waals surface area contributed by atoms with Gasteiger partial charge in [-0.2, -0.15) is 0 Å². The molecule has 0 aromatic carbocycles. The Morgan fingerprint density at radius 3 is 1.63 bits per heavy atom. The first-order valence-electron chi connectivity index (χ1n) is 7.17. The van der Waals surface area contributed by atoms with Crippen LogP contribution in [0.3, 0.4) is 0 Å². The lowest BCUT2D eigenvalue weighted by molar-refractivity contribution is 0.707. The quantitative estimate of drug-likeness (QED) is 0.786. The Morgan fingerprint density at radius 1 is 0.895 bits per heavy atom. The Kier molecular flexibility index (Phi) is 4.37. The molecule has 1 heterocycles. The summed E-state index contributed by atoms with van der Waals surface area (Å²) in [6.45, 7) is 21.1. The highest BCUT2D eigenvalue weighted by molar-refractivity contribution is 6.92. The average Bonchev–Trinajstić information content (AvgIpc) is 2.12. The van der Waals surface area contributed by atoms with E-state index in [1.54, 1.807) is 0 Å². The van der Waals surface area contributed by atoms with E-state index in [9.17, 15) is 4.79 Å². The van der Waals surface area contributed by atoms with Crippen LogP contribution in [0.4, 0.5) is 0 Å². The standard InChI is InChI=1S/C15H29NOSi2/c1-10-16-12(3)13(18(4,5)6)11(2)14(15(16)17)19(7,8)9/h10H2,1-9H3. The van der Waals surface area contributed by atoms with E-state index < -0.39 is 16.1 Å². The zero-order valence-corrected chi connectivity index (χ0v) is 16.1. The van der Waals surface area contributed by atoms with Gasteiger partial charge in [0.1, 0.15) is 0 Å². The number of aromatic nitrogens is 1. The highest BCUT2D eigenvalue weighted by Gasteiger charge is 2.31. The van der Waals surface area contributed by atoms with Gasteiger partial charge < -0.3 is 4.57 Å². The van der Waals surface area contributed by atoms with E-state index in [4.69, 9.17) is 0 Å². The van der Waals surface area contributed by atoms with Crippen LogP contribution in [0.2, 0.25) is 39.3 Å². The van der Waals surface area contributed by atoms with Crippen molar-refractivity contribution in [2.75, 3.05) is 0 Å². The summed E-state index contributed by atoms with van der Waals surface area (Å²) in [6.07, 6.45) is 0. The van der Waals surface area contributed by atoms with Crippen LogP contribution in [-0.4, -0.2) is 20.7 Å². The topological polar surface area (TPSA) is 22.0 Å². The van der Waals surface area contributed by atoms with Gasteiger partial charge in [0, 0.05) is 17.4 Å². The molecule has 1 aromatic heterocycles. The molecule has 0 bridgehead atoms. The molecular weight excluding hydrogens is 266 g/mol. The fourth-order valence-electron chi connectivity index (χ4n) is 3.35. The van der Waals surface area contributed by atoms with Crippen molar-refractivity contribution in [3.05, 3.63) is 21.6 Å². The van der Waals surface area contributed by atoms with Crippen LogP contribution in [0.15, 0.2) is 4.79 Å². The van der Waals surface area contributed by atoms with Crippen LogP contribution in [0.25, 0.3) is 0 Å². The molecule has 0 unspecified atom stereocenters. The molecule has 0 N–H and O–H groups in total. The highest BCUT2D eigenvalue weighted by atomic mass is 28.3. The zero-order valence-electron chi connectivity index (χ0n) is 14.1. The first-order valence-corrected chi connectivity index (χ1v) is 14.2. The van der Waals surface area contributed by atoms with Gasteiger partial charge in [-0.05, 0) is 31.5 Å².